The number of hydrogen-bond acceptors (Lipinski definition) is 2. The minimum absolute atomic E-state index is 0.728. The molecule has 76 valence electrons. The van der Waals surface area contributed by atoms with E-state index >= 15 is 0 Å². The zero-order valence-corrected chi connectivity index (χ0v) is 8.79. The van der Waals surface area contributed by atoms with Crippen LogP contribution in [0.4, 0.5) is 0 Å². The van der Waals surface area contributed by atoms with E-state index in [2.05, 4.69) is 6.92 Å². The Kier molecular flexibility index (Phi) is 8.15. The minimum Gasteiger partial charge on any atom is -0.423 e. The SMILES string of the molecule is CCCCCCC=C(CC)B(O)O. The van der Waals surface area contributed by atoms with E-state index in [1.165, 1.54) is 19.3 Å². The standard InChI is InChI=1S/C10H21BO2/c1-3-5-6-7-8-9-10(4-2)11(12)13/h9,12-13H,3-8H2,1-2H3. The molecular weight excluding hydrogens is 163 g/mol. The molecule has 13 heavy (non-hydrogen) atoms. The van der Waals surface area contributed by atoms with E-state index in [1.54, 1.807) is 0 Å². The minimum atomic E-state index is -1.25. The maximum Gasteiger partial charge on any atom is 0.483 e. The summed E-state index contributed by atoms with van der Waals surface area (Å²) >= 11 is 0. The van der Waals surface area contributed by atoms with Gasteiger partial charge in [0.2, 0.25) is 0 Å². The van der Waals surface area contributed by atoms with Crippen LogP contribution in [0.5, 0.6) is 0 Å². The number of allylic oxidation sites excluding steroid dienone is 2. The summed E-state index contributed by atoms with van der Waals surface area (Å²) in [5.74, 6) is 0. The van der Waals surface area contributed by atoms with Gasteiger partial charge in [-0.2, -0.15) is 0 Å². The van der Waals surface area contributed by atoms with Crippen molar-refractivity contribution in [3.8, 4) is 0 Å². The lowest BCUT2D eigenvalue weighted by Crippen LogP contribution is -2.14. The molecule has 0 rings (SSSR count). The summed E-state index contributed by atoms with van der Waals surface area (Å²) in [5, 5.41) is 17.8. The lowest BCUT2D eigenvalue weighted by atomic mass is 9.77. The van der Waals surface area contributed by atoms with Gasteiger partial charge in [0.1, 0.15) is 0 Å². The van der Waals surface area contributed by atoms with Crippen molar-refractivity contribution in [3.05, 3.63) is 11.5 Å². The first-order chi connectivity index (χ1) is 6.22. The summed E-state index contributed by atoms with van der Waals surface area (Å²) in [7, 11) is -1.25. The molecule has 0 amide bonds. The van der Waals surface area contributed by atoms with Crippen LogP contribution in [0.25, 0.3) is 0 Å². The van der Waals surface area contributed by atoms with Gasteiger partial charge in [-0.25, -0.2) is 0 Å². The van der Waals surface area contributed by atoms with Gasteiger partial charge in [0, 0.05) is 0 Å². The average Bonchev–Trinajstić information content (AvgIpc) is 2.10. The van der Waals surface area contributed by atoms with Crippen LogP contribution in [0.2, 0.25) is 0 Å². The highest BCUT2D eigenvalue weighted by molar-refractivity contribution is 6.50. The Balaban J connectivity index is 3.55. The van der Waals surface area contributed by atoms with E-state index in [4.69, 9.17) is 10.0 Å². The van der Waals surface area contributed by atoms with Crippen molar-refractivity contribution in [2.24, 2.45) is 0 Å². The Morgan fingerprint density at radius 2 is 1.85 bits per heavy atom. The van der Waals surface area contributed by atoms with Crippen molar-refractivity contribution >= 4 is 7.12 Å². The largest absolute Gasteiger partial charge is 0.483 e. The van der Waals surface area contributed by atoms with Gasteiger partial charge in [0.15, 0.2) is 0 Å². The Morgan fingerprint density at radius 3 is 2.31 bits per heavy atom. The van der Waals surface area contributed by atoms with Crippen LogP contribution in [0.3, 0.4) is 0 Å². The zero-order chi connectivity index (χ0) is 10.1. The van der Waals surface area contributed by atoms with E-state index in [0.717, 1.165) is 24.7 Å². The molecule has 2 nitrogen and oxygen atoms in total. The maximum atomic E-state index is 8.90. The first kappa shape index (κ1) is 12.7. The van der Waals surface area contributed by atoms with Crippen LogP contribution in [0.1, 0.15) is 52.4 Å². The molecule has 0 aliphatic rings. The van der Waals surface area contributed by atoms with Crippen LogP contribution in [-0.4, -0.2) is 17.2 Å². The van der Waals surface area contributed by atoms with E-state index in [1.807, 2.05) is 13.0 Å². The lowest BCUT2D eigenvalue weighted by Gasteiger charge is -2.02. The second-order valence-corrected chi connectivity index (χ2v) is 3.36. The summed E-state index contributed by atoms with van der Waals surface area (Å²) in [4.78, 5) is 0. The molecule has 0 saturated heterocycles. The van der Waals surface area contributed by atoms with Crippen molar-refractivity contribution in [3.63, 3.8) is 0 Å². The first-order valence-corrected chi connectivity index (χ1v) is 5.27. The fraction of sp³-hybridized carbons (Fsp3) is 0.800. The second kappa shape index (κ2) is 8.33. The highest BCUT2D eigenvalue weighted by Gasteiger charge is 2.10. The molecule has 0 aromatic rings. The molecule has 0 saturated carbocycles. The van der Waals surface area contributed by atoms with E-state index in [-0.39, 0.29) is 0 Å². The predicted molar refractivity (Wildman–Crippen MR) is 57.3 cm³/mol. The van der Waals surface area contributed by atoms with Crippen molar-refractivity contribution < 1.29 is 10.0 Å². The van der Waals surface area contributed by atoms with Gasteiger partial charge in [-0.1, -0.05) is 39.2 Å². The number of rotatable bonds is 7. The second-order valence-electron chi connectivity index (χ2n) is 3.36. The van der Waals surface area contributed by atoms with Gasteiger partial charge in [-0.3, -0.25) is 0 Å². The van der Waals surface area contributed by atoms with Crippen LogP contribution in [0, 0.1) is 0 Å². The molecule has 2 N–H and O–H groups in total. The van der Waals surface area contributed by atoms with Gasteiger partial charge in [0.05, 0.1) is 0 Å². The van der Waals surface area contributed by atoms with E-state index < -0.39 is 7.12 Å². The summed E-state index contributed by atoms with van der Waals surface area (Å²) in [6, 6.07) is 0. The normalized spacial score (nSPS) is 11.8. The third-order valence-corrected chi connectivity index (χ3v) is 2.20. The monoisotopic (exact) mass is 184 g/mol. The topological polar surface area (TPSA) is 40.5 Å². The summed E-state index contributed by atoms with van der Waals surface area (Å²) in [6.45, 7) is 4.13. The summed E-state index contributed by atoms with van der Waals surface area (Å²) in [5.41, 5.74) is 0.747. The van der Waals surface area contributed by atoms with Crippen molar-refractivity contribution in [1.29, 1.82) is 0 Å². The molecule has 0 aromatic carbocycles. The smallest absolute Gasteiger partial charge is 0.423 e. The molecule has 0 aromatic heterocycles. The predicted octanol–water partition coefficient (Wildman–Crippen LogP) is 2.31. The van der Waals surface area contributed by atoms with Crippen molar-refractivity contribution in [1.82, 2.24) is 0 Å². The van der Waals surface area contributed by atoms with Crippen LogP contribution in [0.15, 0.2) is 11.5 Å². The van der Waals surface area contributed by atoms with Crippen LogP contribution in [-0.2, 0) is 0 Å². The number of unbranched alkanes of at least 4 members (excludes halogenated alkanes) is 4. The highest BCUT2D eigenvalue weighted by Crippen LogP contribution is 2.08. The first-order valence-electron chi connectivity index (χ1n) is 5.27. The highest BCUT2D eigenvalue weighted by atomic mass is 16.4. The number of hydrogen-bond donors (Lipinski definition) is 2. The molecule has 0 aliphatic heterocycles. The Hall–Kier alpha value is -0.275. The van der Waals surface area contributed by atoms with Crippen LogP contribution >= 0.6 is 0 Å². The van der Waals surface area contributed by atoms with Gasteiger partial charge in [-0.05, 0) is 24.7 Å². The van der Waals surface area contributed by atoms with Gasteiger partial charge in [-0.15, -0.1) is 0 Å². The zero-order valence-electron chi connectivity index (χ0n) is 8.79. The van der Waals surface area contributed by atoms with Crippen molar-refractivity contribution in [2.75, 3.05) is 0 Å². The molecule has 0 aliphatic carbocycles. The maximum absolute atomic E-state index is 8.90. The molecule has 0 bridgehead atoms. The van der Waals surface area contributed by atoms with Gasteiger partial charge in [0.25, 0.3) is 0 Å². The summed E-state index contributed by atoms with van der Waals surface area (Å²) in [6.07, 6.45) is 8.58. The Morgan fingerprint density at radius 1 is 1.15 bits per heavy atom. The fourth-order valence-electron chi connectivity index (χ4n) is 1.29. The summed E-state index contributed by atoms with van der Waals surface area (Å²) < 4.78 is 0. The molecule has 0 spiro atoms. The van der Waals surface area contributed by atoms with Crippen molar-refractivity contribution in [2.45, 2.75) is 52.4 Å². The third-order valence-electron chi connectivity index (χ3n) is 2.20. The van der Waals surface area contributed by atoms with E-state index in [9.17, 15) is 0 Å². The molecule has 0 heterocycles. The molecule has 0 radical (unpaired) electrons. The Labute approximate surface area is 81.8 Å². The fourth-order valence-corrected chi connectivity index (χ4v) is 1.29. The molecule has 0 atom stereocenters. The Bertz CT molecular complexity index is 144. The molecular formula is C10H21BO2. The molecule has 0 unspecified atom stereocenters. The van der Waals surface area contributed by atoms with Gasteiger partial charge < -0.3 is 10.0 Å². The van der Waals surface area contributed by atoms with E-state index in [0.29, 0.717) is 0 Å². The lowest BCUT2D eigenvalue weighted by molar-refractivity contribution is 0.416. The quantitative estimate of drug-likeness (QED) is 0.470. The average molecular weight is 184 g/mol. The molecule has 0 fully saturated rings. The third kappa shape index (κ3) is 6.85. The van der Waals surface area contributed by atoms with Crippen LogP contribution < -0.4 is 0 Å². The van der Waals surface area contributed by atoms with Gasteiger partial charge >= 0.3 is 7.12 Å². The molecule has 3 heteroatoms.